The fourth-order valence-corrected chi connectivity index (χ4v) is 2.21. The molecule has 3 aromatic carbocycles. The highest BCUT2D eigenvalue weighted by Crippen LogP contribution is 2.29. The van der Waals surface area contributed by atoms with Crippen molar-refractivity contribution in [1.29, 1.82) is 0 Å². The van der Waals surface area contributed by atoms with E-state index in [1.165, 1.54) is 16.2 Å². The number of hydrogen-bond donors (Lipinski definition) is 2. The molecule has 0 unspecified atom stereocenters. The molecule has 2 nitrogen and oxygen atoms in total. The average molecular weight is 223 g/mol. The zero-order valence-corrected chi connectivity index (χ0v) is 9.57. The number of aromatic hydroxyl groups is 1. The maximum Gasteiger partial charge on any atom is 0.116 e. The molecule has 0 bridgehead atoms. The Kier molecular flexibility index (Phi) is 2.15. The minimum Gasteiger partial charge on any atom is -0.508 e. The van der Waals surface area contributed by atoms with E-state index in [2.05, 4.69) is 29.6 Å². The molecular weight excluding hydrogens is 210 g/mol. The second-order valence-corrected chi connectivity index (χ2v) is 4.16. The van der Waals surface area contributed by atoms with Gasteiger partial charge in [-0.2, -0.15) is 0 Å². The fourth-order valence-electron chi connectivity index (χ4n) is 2.21. The first-order valence-electron chi connectivity index (χ1n) is 5.61. The van der Waals surface area contributed by atoms with Gasteiger partial charge in [-0.3, -0.25) is 0 Å². The van der Waals surface area contributed by atoms with Crippen LogP contribution in [0.15, 0.2) is 48.5 Å². The van der Waals surface area contributed by atoms with Crippen molar-refractivity contribution >= 4 is 27.2 Å². The molecular formula is C15H13NO. The summed E-state index contributed by atoms with van der Waals surface area (Å²) in [4.78, 5) is 0. The van der Waals surface area contributed by atoms with Crippen LogP contribution in [-0.2, 0) is 0 Å². The van der Waals surface area contributed by atoms with Gasteiger partial charge in [-0.05, 0) is 45.8 Å². The van der Waals surface area contributed by atoms with Gasteiger partial charge < -0.3 is 10.4 Å². The Labute approximate surface area is 99.5 Å². The highest BCUT2D eigenvalue weighted by Gasteiger charge is 2.01. The lowest BCUT2D eigenvalue weighted by atomic mass is 10.0. The summed E-state index contributed by atoms with van der Waals surface area (Å²) in [5.41, 5.74) is 1.11. The second kappa shape index (κ2) is 3.67. The molecule has 0 saturated heterocycles. The molecule has 0 radical (unpaired) electrons. The van der Waals surface area contributed by atoms with Crippen molar-refractivity contribution in [2.75, 3.05) is 12.4 Å². The van der Waals surface area contributed by atoms with Crippen LogP contribution in [0.5, 0.6) is 5.75 Å². The molecule has 0 spiro atoms. The van der Waals surface area contributed by atoms with Crippen LogP contribution in [0.2, 0.25) is 0 Å². The molecule has 84 valence electrons. The lowest BCUT2D eigenvalue weighted by molar-refractivity contribution is 0.476. The molecule has 0 amide bonds. The van der Waals surface area contributed by atoms with Crippen LogP contribution in [0.25, 0.3) is 21.5 Å². The van der Waals surface area contributed by atoms with Gasteiger partial charge in [0.15, 0.2) is 0 Å². The maximum atomic E-state index is 9.47. The van der Waals surface area contributed by atoms with Gasteiger partial charge in [0.05, 0.1) is 0 Å². The standard InChI is InChI=1S/C15H13NO/c1-16-12-4-6-14-10(8-12)2-3-11-9-13(17)5-7-15(11)14/h2-9,16-17H,1H3. The van der Waals surface area contributed by atoms with Gasteiger partial charge in [0.2, 0.25) is 0 Å². The van der Waals surface area contributed by atoms with Crippen LogP contribution in [-0.4, -0.2) is 12.2 Å². The van der Waals surface area contributed by atoms with Gasteiger partial charge in [0, 0.05) is 12.7 Å². The predicted molar refractivity (Wildman–Crippen MR) is 72.7 cm³/mol. The second-order valence-electron chi connectivity index (χ2n) is 4.16. The van der Waals surface area contributed by atoms with Crippen molar-refractivity contribution in [2.45, 2.75) is 0 Å². The SMILES string of the molecule is CNc1ccc2c(ccc3cc(O)ccc32)c1. The van der Waals surface area contributed by atoms with E-state index in [9.17, 15) is 5.11 Å². The lowest BCUT2D eigenvalue weighted by Crippen LogP contribution is -1.87. The van der Waals surface area contributed by atoms with Crippen LogP contribution in [0, 0.1) is 0 Å². The van der Waals surface area contributed by atoms with E-state index < -0.39 is 0 Å². The van der Waals surface area contributed by atoms with Crippen LogP contribution < -0.4 is 5.32 Å². The third kappa shape index (κ3) is 1.58. The smallest absolute Gasteiger partial charge is 0.116 e. The number of anilines is 1. The summed E-state index contributed by atoms with van der Waals surface area (Å²) in [6.07, 6.45) is 0. The molecule has 0 saturated carbocycles. The van der Waals surface area contributed by atoms with Crippen molar-refractivity contribution in [3.05, 3.63) is 48.5 Å². The molecule has 0 aliphatic heterocycles. The number of nitrogens with one attached hydrogen (secondary N) is 1. The third-order valence-corrected chi connectivity index (χ3v) is 3.11. The van der Waals surface area contributed by atoms with E-state index in [4.69, 9.17) is 0 Å². The molecule has 3 rings (SSSR count). The van der Waals surface area contributed by atoms with Crippen LogP contribution >= 0.6 is 0 Å². The van der Waals surface area contributed by atoms with Gasteiger partial charge >= 0.3 is 0 Å². The van der Waals surface area contributed by atoms with Gasteiger partial charge in [-0.1, -0.05) is 24.3 Å². The Bertz CT molecular complexity index is 704. The third-order valence-electron chi connectivity index (χ3n) is 3.11. The van der Waals surface area contributed by atoms with Crippen LogP contribution in [0.3, 0.4) is 0 Å². The van der Waals surface area contributed by atoms with Gasteiger partial charge in [-0.25, -0.2) is 0 Å². The molecule has 0 fully saturated rings. The number of fused-ring (bicyclic) bond motifs is 3. The quantitative estimate of drug-likeness (QED) is 0.616. The lowest BCUT2D eigenvalue weighted by Gasteiger charge is -2.06. The molecule has 2 heteroatoms. The van der Waals surface area contributed by atoms with E-state index in [0.717, 1.165) is 11.1 Å². The number of phenolic OH excluding ortho intramolecular Hbond substituents is 1. The Balaban J connectivity index is 2.40. The predicted octanol–water partition coefficient (Wildman–Crippen LogP) is 3.74. The molecule has 0 aromatic heterocycles. The molecule has 0 aliphatic rings. The zero-order valence-electron chi connectivity index (χ0n) is 9.57. The largest absolute Gasteiger partial charge is 0.508 e. The minimum absolute atomic E-state index is 0.309. The maximum absolute atomic E-state index is 9.47. The number of benzene rings is 3. The van der Waals surface area contributed by atoms with Gasteiger partial charge in [0.25, 0.3) is 0 Å². The highest BCUT2D eigenvalue weighted by atomic mass is 16.3. The first-order chi connectivity index (χ1) is 8.28. The Morgan fingerprint density at radius 2 is 1.47 bits per heavy atom. The molecule has 17 heavy (non-hydrogen) atoms. The number of hydrogen-bond acceptors (Lipinski definition) is 2. The summed E-state index contributed by atoms with van der Waals surface area (Å²) in [5, 5.41) is 17.3. The first kappa shape index (κ1) is 9.97. The van der Waals surface area contributed by atoms with Crippen molar-refractivity contribution in [3.8, 4) is 5.75 Å². The summed E-state index contributed by atoms with van der Waals surface area (Å²) in [7, 11) is 1.92. The van der Waals surface area contributed by atoms with Gasteiger partial charge in [0.1, 0.15) is 5.75 Å². The summed E-state index contributed by atoms with van der Waals surface area (Å²) >= 11 is 0. The number of phenols is 1. The van der Waals surface area contributed by atoms with E-state index in [1.54, 1.807) is 12.1 Å². The first-order valence-corrected chi connectivity index (χ1v) is 5.61. The van der Waals surface area contributed by atoms with Gasteiger partial charge in [-0.15, -0.1) is 0 Å². The fraction of sp³-hybridized carbons (Fsp3) is 0.0667. The van der Waals surface area contributed by atoms with E-state index in [0.29, 0.717) is 5.75 Å². The minimum atomic E-state index is 0.309. The van der Waals surface area contributed by atoms with Crippen molar-refractivity contribution in [2.24, 2.45) is 0 Å². The summed E-state index contributed by atoms with van der Waals surface area (Å²) in [6, 6.07) is 15.9. The summed E-state index contributed by atoms with van der Waals surface area (Å²) < 4.78 is 0. The van der Waals surface area contributed by atoms with Crippen molar-refractivity contribution in [3.63, 3.8) is 0 Å². The summed E-state index contributed by atoms with van der Waals surface area (Å²) in [6.45, 7) is 0. The molecule has 0 aliphatic carbocycles. The Morgan fingerprint density at radius 3 is 2.18 bits per heavy atom. The van der Waals surface area contributed by atoms with Crippen molar-refractivity contribution < 1.29 is 5.11 Å². The monoisotopic (exact) mass is 223 g/mol. The Hall–Kier alpha value is -2.22. The molecule has 3 aromatic rings. The van der Waals surface area contributed by atoms with E-state index >= 15 is 0 Å². The normalized spacial score (nSPS) is 10.9. The topological polar surface area (TPSA) is 32.3 Å². The molecule has 0 heterocycles. The summed E-state index contributed by atoms with van der Waals surface area (Å²) in [5.74, 6) is 0.309. The van der Waals surface area contributed by atoms with Crippen molar-refractivity contribution in [1.82, 2.24) is 0 Å². The van der Waals surface area contributed by atoms with E-state index in [1.807, 2.05) is 19.2 Å². The highest BCUT2D eigenvalue weighted by molar-refractivity contribution is 6.08. The Morgan fingerprint density at radius 1 is 0.824 bits per heavy atom. The number of rotatable bonds is 1. The zero-order chi connectivity index (χ0) is 11.8. The molecule has 0 atom stereocenters. The molecule has 2 N–H and O–H groups in total. The van der Waals surface area contributed by atoms with Crippen LogP contribution in [0.4, 0.5) is 5.69 Å². The van der Waals surface area contributed by atoms with E-state index in [-0.39, 0.29) is 0 Å². The van der Waals surface area contributed by atoms with Crippen LogP contribution in [0.1, 0.15) is 0 Å². The average Bonchev–Trinajstić information content (AvgIpc) is 2.37.